The minimum absolute atomic E-state index is 0.171. The summed E-state index contributed by atoms with van der Waals surface area (Å²) in [5.74, 6) is 1.63. The number of aromatic hydroxyl groups is 2. The first-order chi connectivity index (χ1) is 20.8. The SMILES string of the molecule is COc1cc(C=N[C@H](c2ccccc2)[C@H](N=Cc2cc(OC)cc(C(C)(C)C)c2O)c2ccccc2)c(O)c(C(C)(C)C)c1. The van der Waals surface area contributed by atoms with Gasteiger partial charge in [0.1, 0.15) is 35.1 Å². The number of phenols is 2. The highest BCUT2D eigenvalue weighted by atomic mass is 16.5. The summed E-state index contributed by atoms with van der Waals surface area (Å²) in [7, 11) is 3.23. The highest BCUT2D eigenvalue weighted by Crippen LogP contribution is 2.40. The van der Waals surface area contributed by atoms with Crippen LogP contribution < -0.4 is 9.47 Å². The van der Waals surface area contributed by atoms with Gasteiger partial charge in [-0.2, -0.15) is 0 Å². The molecule has 230 valence electrons. The van der Waals surface area contributed by atoms with Gasteiger partial charge in [0.2, 0.25) is 0 Å². The molecule has 6 heteroatoms. The van der Waals surface area contributed by atoms with E-state index in [9.17, 15) is 10.2 Å². The maximum Gasteiger partial charge on any atom is 0.128 e. The summed E-state index contributed by atoms with van der Waals surface area (Å²) in [5, 5.41) is 22.6. The fourth-order valence-electron chi connectivity index (χ4n) is 5.16. The molecule has 0 saturated heterocycles. The van der Waals surface area contributed by atoms with Crippen LogP contribution in [0.3, 0.4) is 0 Å². The number of methoxy groups -OCH3 is 2. The molecule has 2 atom stereocenters. The van der Waals surface area contributed by atoms with Crippen LogP contribution in [0.1, 0.15) is 87.0 Å². The molecule has 6 nitrogen and oxygen atoms in total. The van der Waals surface area contributed by atoms with Crippen molar-refractivity contribution in [3.8, 4) is 23.0 Å². The van der Waals surface area contributed by atoms with Gasteiger partial charge in [-0.1, -0.05) is 102 Å². The number of hydrogen-bond acceptors (Lipinski definition) is 6. The van der Waals surface area contributed by atoms with Gasteiger partial charge in [-0.3, -0.25) is 9.98 Å². The van der Waals surface area contributed by atoms with Crippen molar-refractivity contribution in [1.82, 2.24) is 0 Å². The number of hydrogen-bond donors (Lipinski definition) is 2. The minimum Gasteiger partial charge on any atom is -0.507 e. The first-order valence-corrected chi connectivity index (χ1v) is 14.8. The maximum atomic E-state index is 11.3. The Bertz CT molecular complexity index is 1490. The Morgan fingerprint density at radius 1 is 0.568 bits per heavy atom. The van der Waals surface area contributed by atoms with Crippen LogP contribution in [-0.4, -0.2) is 36.9 Å². The second-order valence-corrected chi connectivity index (χ2v) is 13.0. The monoisotopic (exact) mass is 592 g/mol. The fourth-order valence-corrected chi connectivity index (χ4v) is 5.16. The molecular weight excluding hydrogens is 548 g/mol. The normalized spacial score (nSPS) is 13.7. The second-order valence-electron chi connectivity index (χ2n) is 13.0. The van der Waals surface area contributed by atoms with E-state index in [0.717, 1.165) is 22.3 Å². The third-order valence-corrected chi connectivity index (χ3v) is 7.64. The van der Waals surface area contributed by atoms with Crippen molar-refractivity contribution in [2.75, 3.05) is 14.2 Å². The third kappa shape index (κ3) is 7.49. The summed E-state index contributed by atoms with van der Waals surface area (Å²) < 4.78 is 11.1. The van der Waals surface area contributed by atoms with E-state index in [1.54, 1.807) is 38.8 Å². The Balaban J connectivity index is 1.89. The molecule has 0 aliphatic rings. The van der Waals surface area contributed by atoms with Gasteiger partial charge in [-0.25, -0.2) is 0 Å². The van der Waals surface area contributed by atoms with E-state index in [0.29, 0.717) is 22.6 Å². The van der Waals surface area contributed by atoms with E-state index >= 15 is 0 Å². The molecule has 4 aromatic rings. The molecule has 0 spiro atoms. The average molecular weight is 593 g/mol. The summed E-state index contributed by atoms with van der Waals surface area (Å²) in [6.45, 7) is 12.3. The zero-order valence-corrected chi connectivity index (χ0v) is 27.0. The summed E-state index contributed by atoms with van der Waals surface area (Å²) in [5.41, 5.74) is 3.98. The van der Waals surface area contributed by atoms with E-state index in [4.69, 9.17) is 19.5 Å². The van der Waals surface area contributed by atoms with Gasteiger partial charge in [0.25, 0.3) is 0 Å². The lowest BCUT2D eigenvalue weighted by Gasteiger charge is -2.24. The van der Waals surface area contributed by atoms with Gasteiger partial charge < -0.3 is 19.7 Å². The first kappa shape index (κ1) is 32.3. The minimum atomic E-state index is -0.451. The van der Waals surface area contributed by atoms with Crippen molar-refractivity contribution in [1.29, 1.82) is 0 Å². The highest BCUT2D eigenvalue weighted by molar-refractivity contribution is 5.86. The molecule has 0 heterocycles. The van der Waals surface area contributed by atoms with Crippen molar-refractivity contribution in [2.24, 2.45) is 9.98 Å². The zero-order chi connectivity index (χ0) is 32.1. The van der Waals surface area contributed by atoms with Gasteiger partial charge in [0.15, 0.2) is 0 Å². The number of aliphatic imine (C=N–C) groups is 2. The summed E-state index contributed by atoms with van der Waals surface area (Å²) in [6.07, 6.45) is 3.41. The topological polar surface area (TPSA) is 83.6 Å². The highest BCUT2D eigenvalue weighted by Gasteiger charge is 2.26. The average Bonchev–Trinajstić information content (AvgIpc) is 2.99. The van der Waals surface area contributed by atoms with Crippen LogP contribution in [0.5, 0.6) is 23.0 Å². The molecule has 0 saturated carbocycles. The smallest absolute Gasteiger partial charge is 0.128 e. The summed E-state index contributed by atoms with van der Waals surface area (Å²) in [4.78, 5) is 10.2. The predicted molar refractivity (Wildman–Crippen MR) is 180 cm³/mol. The molecule has 2 N–H and O–H groups in total. The van der Waals surface area contributed by atoms with Crippen molar-refractivity contribution >= 4 is 12.4 Å². The van der Waals surface area contributed by atoms with Gasteiger partial charge in [0, 0.05) is 34.7 Å². The van der Waals surface area contributed by atoms with E-state index < -0.39 is 12.1 Å². The number of rotatable bonds is 9. The second kappa shape index (κ2) is 13.4. The Labute approximate surface area is 261 Å². The summed E-state index contributed by atoms with van der Waals surface area (Å²) in [6, 6.07) is 26.4. The number of phenolic OH excluding ortho intramolecular Hbond substituents is 2. The lowest BCUT2D eigenvalue weighted by Crippen LogP contribution is -2.13. The van der Waals surface area contributed by atoms with Crippen molar-refractivity contribution in [3.63, 3.8) is 0 Å². The molecule has 0 amide bonds. The first-order valence-electron chi connectivity index (χ1n) is 14.8. The van der Waals surface area contributed by atoms with Crippen LogP contribution in [0, 0.1) is 0 Å². The van der Waals surface area contributed by atoms with Gasteiger partial charge >= 0.3 is 0 Å². The lowest BCUT2D eigenvalue weighted by molar-refractivity contribution is 0.405. The molecule has 0 aromatic heterocycles. The van der Waals surface area contributed by atoms with Gasteiger partial charge in [-0.05, 0) is 46.2 Å². The summed E-state index contributed by atoms with van der Waals surface area (Å²) >= 11 is 0. The van der Waals surface area contributed by atoms with Gasteiger partial charge in [0.05, 0.1) is 14.2 Å². The van der Waals surface area contributed by atoms with Gasteiger partial charge in [-0.15, -0.1) is 0 Å². The Morgan fingerprint density at radius 2 is 0.909 bits per heavy atom. The van der Waals surface area contributed by atoms with Crippen molar-refractivity contribution < 1.29 is 19.7 Å². The molecule has 4 rings (SSSR count). The number of ether oxygens (including phenoxy) is 2. The third-order valence-electron chi connectivity index (χ3n) is 7.64. The van der Waals surface area contributed by atoms with Crippen LogP contribution in [0.2, 0.25) is 0 Å². The molecule has 0 unspecified atom stereocenters. The molecule has 4 aromatic carbocycles. The molecular formula is C38H44N2O4. The van der Waals surface area contributed by atoms with E-state index in [1.165, 1.54) is 0 Å². The Hall–Kier alpha value is -4.58. The lowest BCUT2D eigenvalue weighted by atomic mass is 9.85. The van der Waals surface area contributed by atoms with E-state index in [2.05, 4.69) is 41.5 Å². The van der Waals surface area contributed by atoms with Crippen LogP contribution in [0.4, 0.5) is 0 Å². The quantitative estimate of drug-likeness (QED) is 0.190. The number of nitrogens with zero attached hydrogens (tertiary/aromatic N) is 2. The van der Waals surface area contributed by atoms with Crippen LogP contribution >= 0.6 is 0 Å². The Kier molecular flexibility index (Phi) is 9.83. The van der Waals surface area contributed by atoms with E-state index in [1.807, 2.05) is 72.8 Å². The maximum absolute atomic E-state index is 11.3. The molecule has 0 fully saturated rings. The standard InChI is InChI=1S/C38H44N2O4/c1-37(2,3)31-21-29(43-7)19-27(35(31)41)23-39-33(25-15-11-9-12-16-25)34(26-17-13-10-14-18-26)40-24-28-20-30(44-8)22-32(36(28)42)38(4,5)6/h9-24,33-34,41-42H,1-8H3/t33-,34-/m1/s1. The Morgan fingerprint density at radius 3 is 1.20 bits per heavy atom. The zero-order valence-electron chi connectivity index (χ0n) is 27.0. The molecule has 0 aliphatic heterocycles. The molecule has 44 heavy (non-hydrogen) atoms. The van der Waals surface area contributed by atoms with Crippen molar-refractivity contribution in [2.45, 2.75) is 64.5 Å². The molecule has 0 aliphatic carbocycles. The molecule has 0 bridgehead atoms. The largest absolute Gasteiger partial charge is 0.507 e. The van der Waals surface area contributed by atoms with Crippen LogP contribution in [-0.2, 0) is 10.8 Å². The van der Waals surface area contributed by atoms with Crippen LogP contribution in [0.25, 0.3) is 0 Å². The fraction of sp³-hybridized carbons (Fsp3) is 0.316. The van der Waals surface area contributed by atoms with Crippen LogP contribution in [0.15, 0.2) is 94.9 Å². The number of benzene rings is 4. The predicted octanol–water partition coefficient (Wildman–Crippen LogP) is 8.73. The molecule has 0 radical (unpaired) electrons. The van der Waals surface area contributed by atoms with Crippen molar-refractivity contribution in [3.05, 3.63) is 118 Å². The van der Waals surface area contributed by atoms with E-state index in [-0.39, 0.29) is 22.3 Å².